The van der Waals surface area contributed by atoms with E-state index in [0.29, 0.717) is 13.1 Å². The van der Waals surface area contributed by atoms with Crippen LogP contribution < -0.4 is 5.32 Å². The molecule has 1 atom stereocenters. The Bertz CT molecular complexity index is 378. The number of urea groups is 1. The smallest absolute Gasteiger partial charge is 0.323 e. The van der Waals surface area contributed by atoms with Gasteiger partial charge < -0.3 is 15.0 Å². The first-order chi connectivity index (χ1) is 9.37. The van der Waals surface area contributed by atoms with Crippen LogP contribution in [0.1, 0.15) is 33.6 Å². The summed E-state index contributed by atoms with van der Waals surface area (Å²) in [7, 11) is 0. The van der Waals surface area contributed by atoms with Gasteiger partial charge in [0, 0.05) is 26.2 Å². The van der Waals surface area contributed by atoms with Crippen LogP contribution in [0.2, 0.25) is 0 Å². The van der Waals surface area contributed by atoms with E-state index in [1.807, 2.05) is 20.8 Å². The Morgan fingerprint density at radius 3 is 2.70 bits per heavy atom. The summed E-state index contributed by atoms with van der Waals surface area (Å²) in [4.78, 5) is 27.6. The van der Waals surface area contributed by atoms with Gasteiger partial charge >= 0.3 is 12.0 Å². The lowest BCUT2D eigenvalue weighted by Gasteiger charge is -2.28. The second-order valence-corrected chi connectivity index (χ2v) is 6.45. The Morgan fingerprint density at radius 2 is 2.10 bits per heavy atom. The maximum absolute atomic E-state index is 12.2. The summed E-state index contributed by atoms with van der Waals surface area (Å²) in [6, 6.07) is -0.155. The second kappa shape index (κ2) is 5.99. The molecule has 0 unspecified atom stereocenters. The number of hydrogen-bond donors (Lipinski definition) is 1. The van der Waals surface area contributed by atoms with Crippen LogP contribution in [0, 0.1) is 0 Å². The van der Waals surface area contributed by atoms with Crippen molar-refractivity contribution >= 4 is 12.0 Å². The van der Waals surface area contributed by atoms with Gasteiger partial charge in [0.05, 0.1) is 0 Å². The highest BCUT2D eigenvalue weighted by Gasteiger charge is 2.34. The Kier molecular flexibility index (Phi) is 4.52. The number of amides is 2. The molecule has 2 aliphatic heterocycles. The van der Waals surface area contributed by atoms with E-state index in [0.717, 1.165) is 32.5 Å². The van der Waals surface area contributed by atoms with Crippen molar-refractivity contribution in [2.24, 2.45) is 0 Å². The number of nitrogens with one attached hydrogen (secondary N) is 1. The lowest BCUT2D eigenvalue weighted by Crippen LogP contribution is -2.44. The largest absolute Gasteiger partial charge is 0.459 e. The highest BCUT2D eigenvalue weighted by molar-refractivity contribution is 5.77. The second-order valence-electron chi connectivity index (χ2n) is 6.45. The van der Waals surface area contributed by atoms with Crippen LogP contribution in [-0.4, -0.2) is 66.2 Å². The lowest BCUT2D eigenvalue weighted by atomic mass is 10.1. The molecule has 114 valence electrons. The van der Waals surface area contributed by atoms with Crippen LogP contribution in [0.25, 0.3) is 0 Å². The minimum absolute atomic E-state index is 0.00184. The van der Waals surface area contributed by atoms with Crippen molar-refractivity contribution in [3.05, 3.63) is 0 Å². The predicted octanol–water partition coefficient (Wildman–Crippen LogP) is 0.818. The van der Waals surface area contributed by atoms with Crippen LogP contribution in [-0.2, 0) is 9.53 Å². The summed E-state index contributed by atoms with van der Waals surface area (Å²) in [5.41, 5.74) is -0.444. The molecule has 6 nitrogen and oxygen atoms in total. The molecule has 2 heterocycles. The Morgan fingerprint density at radius 1 is 1.35 bits per heavy atom. The van der Waals surface area contributed by atoms with Crippen LogP contribution in [0.5, 0.6) is 0 Å². The molecule has 0 spiro atoms. The molecule has 2 saturated heterocycles. The molecule has 0 bridgehead atoms. The van der Waals surface area contributed by atoms with Crippen LogP contribution in [0.3, 0.4) is 0 Å². The molecule has 2 amide bonds. The van der Waals surface area contributed by atoms with Gasteiger partial charge in [-0.25, -0.2) is 4.79 Å². The number of likely N-dealkylation sites (tertiary alicyclic amines) is 1. The summed E-state index contributed by atoms with van der Waals surface area (Å²) >= 11 is 0. The van der Waals surface area contributed by atoms with E-state index in [4.69, 9.17) is 4.74 Å². The maximum Gasteiger partial charge on any atom is 0.323 e. The molecule has 6 heteroatoms. The summed E-state index contributed by atoms with van der Waals surface area (Å²) in [5.74, 6) is -0.138. The van der Waals surface area contributed by atoms with Crippen molar-refractivity contribution in [3.8, 4) is 0 Å². The molecule has 0 radical (unpaired) electrons. The Hall–Kier alpha value is -1.30. The van der Waals surface area contributed by atoms with Gasteiger partial charge in [-0.2, -0.15) is 0 Å². The molecule has 0 aromatic carbocycles. The Labute approximate surface area is 120 Å². The van der Waals surface area contributed by atoms with Crippen molar-refractivity contribution in [2.45, 2.75) is 45.3 Å². The number of ether oxygens (including phenoxy) is 1. The monoisotopic (exact) mass is 283 g/mol. The predicted molar refractivity (Wildman–Crippen MR) is 75.4 cm³/mol. The number of hydrogen-bond acceptors (Lipinski definition) is 4. The number of nitrogens with zero attached hydrogens (tertiary/aromatic N) is 2. The summed E-state index contributed by atoms with van der Waals surface area (Å²) < 4.78 is 5.47. The zero-order chi connectivity index (χ0) is 14.8. The first-order valence-electron chi connectivity index (χ1n) is 7.36. The van der Waals surface area contributed by atoms with Gasteiger partial charge in [-0.3, -0.25) is 9.69 Å². The van der Waals surface area contributed by atoms with Gasteiger partial charge in [0.1, 0.15) is 11.6 Å². The van der Waals surface area contributed by atoms with Crippen molar-refractivity contribution < 1.29 is 14.3 Å². The molecular weight excluding hydrogens is 258 g/mol. The third-order valence-corrected chi connectivity index (χ3v) is 3.64. The van der Waals surface area contributed by atoms with Crippen LogP contribution >= 0.6 is 0 Å². The van der Waals surface area contributed by atoms with Crippen molar-refractivity contribution in [3.63, 3.8) is 0 Å². The van der Waals surface area contributed by atoms with E-state index in [-0.39, 0.29) is 18.0 Å². The zero-order valence-corrected chi connectivity index (χ0v) is 12.6. The minimum Gasteiger partial charge on any atom is -0.459 e. The topological polar surface area (TPSA) is 61.9 Å². The first kappa shape index (κ1) is 15.1. The normalized spacial score (nSPS) is 24.1. The molecule has 1 N–H and O–H groups in total. The average Bonchev–Trinajstić information content (AvgIpc) is 2.92. The van der Waals surface area contributed by atoms with Crippen molar-refractivity contribution in [1.82, 2.24) is 15.1 Å². The quantitative estimate of drug-likeness (QED) is 0.776. The van der Waals surface area contributed by atoms with Crippen LogP contribution in [0.15, 0.2) is 0 Å². The van der Waals surface area contributed by atoms with Gasteiger partial charge in [0.25, 0.3) is 0 Å². The molecule has 0 aliphatic carbocycles. The van der Waals surface area contributed by atoms with E-state index in [1.54, 1.807) is 4.90 Å². The van der Waals surface area contributed by atoms with E-state index in [2.05, 4.69) is 10.2 Å². The molecule has 2 rings (SSSR count). The molecular formula is C14H25N3O3. The number of carbonyl (C=O) groups excluding carboxylic acids is 2. The van der Waals surface area contributed by atoms with Crippen molar-refractivity contribution in [2.75, 3.05) is 32.7 Å². The minimum atomic E-state index is -0.444. The van der Waals surface area contributed by atoms with Gasteiger partial charge in [0.15, 0.2) is 0 Å². The zero-order valence-electron chi connectivity index (χ0n) is 12.6. The van der Waals surface area contributed by atoms with E-state index >= 15 is 0 Å². The van der Waals surface area contributed by atoms with Gasteiger partial charge in [-0.05, 0) is 40.2 Å². The van der Waals surface area contributed by atoms with Gasteiger partial charge in [0.2, 0.25) is 0 Å². The van der Waals surface area contributed by atoms with Crippen molar-refractivity contribution in [1.29, 1.82) is 0 Å². The third kappa shape index (κ3) is 3.85. The summed E-state index contributed by atoms with van der Waals surface area (Å²) in [6.07, 6.45) is 1.86. The summed E-state index contributed by atoms with van der Waals surface area (Å²) in [6.45, 7) is 9.44. The number of esters is 1. The molecule has 0 saturated carbocycles. The van der Waals surface area contributed by atoms with Gasteiger partial charge in [-0.15, -0.1) is 0 Å². The first-order valence-corrected chi connectivity index (χ1v) is 7.36. The third-order valence-electron chi connectivity index (χ3n) is 3.64. The Balaban J connectivity index is 1.84. The highest BCUT2D eigenvalue weighted by atomic mass is 16.6. The molecule has 2 fully saturated rings. The fraction of sp³-hybridized carbons (Fsp3) is 0.857. The standard InChI is InChI=1S/C14H25N3O3/c1-14(2,3)20-12(18)11-5-4-7-16(11)9-10-17-8-6-15-13(17)19/h11H,4-10H2,1-3H3,(H,15,19)/t11-/m1/s1. The fourth-order valence-corrected chi connectivity index (χ4v) is 2.70. The van der Waals surface area contributed by atoms with Gasteiger partial charge in [-0.1, -0.05) is 0 Å². The highest BCUT2D eigenvalue weighted by Crippen LogP contribution is 2.21. The van der Waals surface area contributed by atoms with E-state index in [9.17, 15) is 9.59 Å². The SMILES string of the molecule is CC(C)(C)OC(=O)[C@H]1CCCN1CCN1CCNC1=O. The number of carbonyl (C=O) groups is 2. The fourth-order valence-electron chi connectivity index (χ4n) is 2.70. The maximum atomic E-state index is 12.2. The average molecular weight is 283 g/mol. The molecule has 20 heavy (non-hydrogen) atoms. The van der Waals surface area contributed by atoms with Crippen LogP contribution in [0.4, 0.5) is 4.79 Å². The van der Waals surface area contributed by atoms with E-state index < -0.39 is 5.60 Å². The lowest BCUT2D eigenvalue weighted by molar-refractivity contribution is -0.160. The molecule has 0 aromatic heterocycles. The van der Waals surface area contributed by atoms with E-state index in [1.165, 1.54) is 0 Å². The number of rotatable bonds is 4. The molecule has 2 aliphatic rings. The summed E-state index contributed by atoms with van der Waals surface area (Å²) in [5, 5.41) is 2.79. The molecule has 0 aromatic rings.